The molecule has 0 atom stereocenters. The van der Waals surface area contributed by atoms with E-state index in [-0.39, 0.29) is 18.5 Å². The number of carboxylic acids is 1. The second-order valence-corrected chi connectivity index (χ2v) is 6.21. The van der Waals surface area contributed by atoms with Gasteiger partial charge < -0.3 is 20.1 Å². The molecule has 3 N–H and O–H groups in total. The van der Waals surface area contributed by atoms with Gasteiger partial charge in [-0.05, 0) is 38.5 Å². The number of aromatic nitrogens is 1. The second-order valence-electron chi connectivity index (χ2n) is 6.21. The van der Waals surface area contributed by atoms with Crippen molar-refractivity contribution in [3.05, 3.63) is 30.0 Å². The van der Waals surface area contributed by atoms with Crippen LogP contribution in [0.5, 0.6) is 5.75 Å². The van der Waals surface area contributed by atoms with Crippen LogP contribution >= 0.6 is 0 Å². The molecule has 6 nitrogen and oxygen atoms in total. The Morgan fingerprint density at radius 3 is 2.52 bits per heavy atom. The first-order chi connectivity index (χ1) is 11.5. The van der Waals surface area contributed by atoms with Crippen LogP contribution in [0.15, 0.2) is 24.3 Å². The van der Waals surface area contributed by atoms with Crippen molar-refractivity contribution >= 4 is 22.8 Å². The summed E-state index contributed by atoms with van der Waals surface area (Å²) in [5.41, 5.74) is -0.282. The lowest BCUT2D eigenvalue weighted by Crippen LogP contribution is -2.43. The second kappa shape index (κ2) is 6.66. The molecule has 0 aliphatic heterocycles. The summed E-state index contributed by atoms with van der Waals surface area (Å²) in [4.78, 5) is 25.7. The third kappa shape index (κ3) is 5.40. The number of fused-ring (bicyclic) bond motifs is 1. The van der Waals surface area contributed by atoms with Crippen LogP contribution in [-0.4, -0.2) is 33.9 Å². The minimum absolute atomic E-state index is 0.0991. The van der Waals surface area contributed by atoms with Crippen molar-refractivity contribution in [1.29, 1.82) is 0 Å². The number of benzene rings is 1. The maximum Gasteiger partial charge on any atom is 0.573 e. The van der Waals surface area contributed by atoms with Crippen LogP contribution in [0.4, 0.5) is 13.2 Å². The molecule has 136 valence electrons. The largest absolute Gasteiger partial charge is 0.573 e. The van der Waals surface area contributed by atoms with Crippen LogP contribution < -0.4 is 10.1 Å². The minimum atomic E-state index is -4.80. The van der Waals surface area contributed by atoms with Gasteiger partial charge in [-0.15, -0.1) is 13.2 Å². The first-order valence-electron chi connectivity index (χ1n) is 7.38. The van der Waals surface area contributed by atoms with Crippen LogP contribution in [0.1, 0.15) is 37.2 Å². The zero-order valence-corrected chi connectivity index (χ0v) is 13.5. The van der Waals surface area contributed by atoms with E-state index >= 15 is 0 Å². The molecule has 0 aliphatic carbocycles. The van der Waals surface area contributed by atoms with Crippen molar-refractivity contribution in [2.75, 3.05) is 0 Å². The van der Waals surface area contributed by atoms with Gasteiger partial charge in [0.15, 0.2) is 0 Å². The number of H-pyrrole nitrogens is 1. The average molecular weight is 358 g/mol. The molecule has 0 spiro atoms. The Balaban J connectivity index is 2.15. The molecule has 25 heavy (non-hydrogen) atoms. The Morgan fingerprint density at radius 1 is 1.24 bits per heavy atom. The number of amides is 1. The van der Waals surface area contributed by atoms with Crippen LogP contribution in [0, 0.1) is 0 Å². The monoisotopic (exact) mass is 358 g/mol. The molecule has 0 fully saturated rings. The number of rotatable bonds is 6. The van der Waals surface area contributed by atoms with Gasteiger partial charge in [0.05, 0.1) is 0 Å². The summed E-state index contributed by atoms with van der Waals surface area (Å²) < 4.78 is 40.6. The van der Waals surface area contributed by atoms with E-state index < -0.39 is 29.5 Å². The van der Waals surface area contributed by atoms with Crippen molar-refractivity contribution in [1.82, 2.24) is 10.3 Å². The number of aromatic amines is 1. The van der Waals surface area contributed by atoms with E-state index in [0.717, 1.165) is 12.1 Å². The first kappa shape index (κ1) is 18.6. The fourth-order valence-corrected chi connectivity index (χ4v) is 2.28. The van der Waals surface area contributed by atoms with Gasteiger partial charge >= 0.3 is 12.3 Å². The Kier molecular flexibility index (Phi) is 4.96. The SMILES string of the molecule is CC(C)(CCC(=O)O)NC(=O)c1cc2ccc(OC(F)(F)F)cc2[nH]1. The molecule has 0 unspecified atom stereocenters. The lowest BCUT2D eigenvalue weighted by Gasteiger charge is -2.25. The molecule has 2 rings (SSSR count). The summed E-state index contributed by atoms with van der Waals surface area (Å²) in [6.07, 6.45) is -4.66. The van der Waals surface area contributed by atoms with Gasteiger partial charge in [-0.3, -0.25) is 9.59 Å². The van der Waals surface area contributed by atoms with Crippen LogP contribution in [0.3, 0.4) is 0 Å². The molecule has 1 heterocycles. The number of hydrogen-bond acceptors (Lipinski definition) is 3. The van der Waals surface area contributed by atoms with Crippen LogP contribution in [-0.2, 0) is 4.79 Å². The number of carbonyl (C=O) groups excluding carboxylic acids is 1. The number of ether oxygens (including phenoxy) is 1. The third-order valence-electron chi connectivity index (χ3n) is 3.49. The quantitative estimate of drug-likeness (QED) is 0.738. The Labute approximate surface area is 141 Å². The van der Waals surface area contributed by atoms with E-state index in [1.54, 1.807) is 13.8 Å². The maximum absolute atomic E-state index is 12.3. The van der Waals surface area contributed by atoms with Crippen molar-refractivity contribution in [2.24, 2.45) is 0 Å². The number of alkyl halides is 3. The Morgan fingerprint density at radius 2 is 1.92 bits per heavy atom. The number of carboxylic acid groups (broad SMARTS) is 1. The third-order valence-corrected chi connectivity index (χ3v) is 3.49. The molecule has 1 amide bonds. The molecular weight excluding hydrogens is 341 g/mol. The summed E-state index contributed by atoms with van der Waals surface area (Å²) in [5.74, 6) is -1.84. The minimum Gasteiger partial charge on any atom is -0.481 e. The number of aliphatic carboxylic acids is 1. The predicted octanol–water partition coefficient (Wildman–Crippen LogP) is 3.44. The topological polar surface area (TPSA) is 91.4 Å². The first-order valence-corrected chi connectivity index (χ1v) is 7.38. The van der Waals surface area contributed by atoms with Crippen LogP contribution in [0.2, 0.25) is 0 Å². The Hall–Kier alpha value is -2.71. The number of nitrogens with one attached hydrogen (secondary N) is 2. The summed E-state index contributed by atoms with van der Waals surface area (Å²) in [7, 11) is 0. The molecule has 0 radical (unpaired) electrons. The molecular formula is C16H17F3N2O4. The highest BCUT2D eigenvalue weighted by atomic mass is 19.4. The molecule has 0 aliphatic rings. The fourth-order valence-electron chi connectivity index (χ4n) is 2.28. The van der Waals surface area contributed by atoms with Crippen molar-refractivity contribution in [2.45, 2.75) is 38.6 Å². The van der Waals surface area contributed by atoms with Gasteiger partial charge in [0, 0.05) is 28.9 Å². The lowest BCUT2D eigenvalue weighted by molar-refractivity contribution is -0.274. The van der Waals surface area contributed by atoms with Crippen LogP contribution in [0.25, 0.3) is 10.9 Å². The van der Waals surface area contributed by atoms with Gasteiger partial charge in [0.25, 0.3) is 5.91 Å². The van der Waals surface area contributed by atoms with E-state index in [4.69, 9.17) is 5.11 Å². The predicted molar refractivity (Wildman–Crippen MR) is 83.4 cm³/mol. The van der Waals surface area contributed by atoms with E-state index in [1.807, 2.05) is 0 Å². The van der Waals surface area contributed by atoms with Gasteiger partial charge in [0.1, 0.15) is 11.4 Å². The standard InChI is InChI=1S/C16H17F3N2O4/c1-15(2,6-5-13(22)23)21-14(24)12-7-9-3-4-10(8-11(9)20-12)25-16(17,18)19/h3-4,7-8,20H,5-6H2,1-2H3,(H,21,24)(H,22,23). The van der Waals surface area contributed by atoms with Gasteiger partial charge in [-0.2, -0.15) is 0 Å². The van der Waals surface area contributed by atoms with E-state index in [0.29, 0.717) is 10.9 Å². The molecule has 0 bridgehead atoms. The summed E-state index contributed by atoms with van der Waals surface area (Å²) in [5, 5.41) is 12.0. The molecule has 2 aromatic rings. The number of hydrogen-bond donors (Lipinski definition) is 3. The fraction of sp³-hybridized carbons (Fsp3) is 0.375. The summed E-state index contributed by atoms with van der Waals surface area (Å²) >= 11 is 0. The van der Waals surface area contributed by atoms with Gasteiger partial charge in [0.2, 0.25) is 0 Å². The molecule has 0 saturated carbocycles. The number of halogens is 3. The van der Waals surface area contributed by atoms with E-state index in [9.17, 15) is 22.8 Å². The molecule has 1 aromatic heterocycles. The zero-order chi connectivity index (χ0) is 18.8. The van der Waals surface area contributed by atoms with E-state index in [1.165, 1.54) is 12.1 Å². The molecule has 1 aromatic carbocycles. The highest BCUT2D eigenvalue weighted by Crippen LogP contribution is 2.27. The average Bonchev–Trinajstić information content (AvgIpc) is 2.86. The summed E-state index contributed by atoms with van der Waals surface area (Å²) in [6.45, 7) is 3.37. The van der Waals surface area contributed by atoms with Crippen molar-refractivity contribution < 1.29 is 32.6 Å². The normalized spacial score (nSPS) is 12.2. The highest BCUT2D eigenvalue weighted by Gasteiger charge is 2.31. The molecule has 9 heteroatoms. The van der Waals surface area contributed by atoms with Gasteiger partial charge in [-0.25, -0.2) is 0 Å². The van der Waals surface area contributed by atoms with Gasteiger partial charge in [-0.1, -0.05) is 0 Å². The van der Waals surface area contributed by atoms with Crippen molar-refractivity contribution in [3.63, 3.8) is 0 Å². The lowest BCUT2D eigenvalue weighted by atomic mass is 9.98. The zero-order valence-electron chi connectivity index (χ0n) is 13.5. The van der Waals surface area contributed by atoms with Crippen molar-refractivity contribution in [3.8, 4) is 5.75 Å². The maximum atomic E-state index is 12.3. The number of carbonyl (C=O) groups is 2. The Bertz CT molecular complexity index is 796. The van der Waals surface area contributed by atoms with E-state index in [2.05, 4.69) is 15.0 Å². The summed E-state index contributed by atoms with van der Waals surface area (Å²) in [6, 6.07) is 5.20. The smallest absolute Gasteiger partial charge is 0.481 e. The highest BCUT2D eigenvalue weighted by molar-refractivity contribution is 5.98. The molecule has 0 saturated heterocycles.